The molecule has 0 heterocycles. The van der Waals surface area contributed by atoms with Crippen molar-refractivity contribution in [2.45, 2.75) is 32.3 Å². The summed E-state index contributed by atoms with van der Waals surface area (Å²) >= 11 is 0. The molecule has 3 nitrogen and oxygen atoms in total. The first-order chi connectivity index (χ1) is 8.20. The molecule has 0 aliphatic rings. The Morgan fingerprint density at radius 3 is 2.76 bits per heavy atom. The van der Waals surface area contributed by atoms with Crippen LogP contribution in [0.1, 0.15) is 36.5 Å². The second kappa shape index (κ2) is 7.63. The minimum atomic E-state index is -0.248. The average molecular weight is 233 g/mol. The second-order valence-corrected chi connectivity index (χ2v) is 4.02. The van der Waals surface area contributed by atoms with Crippen LogP contribution < -0.4 is 5.32 Å². The van der Waals surface area contributed by atoms with E-state index < -0.39 is 0 Å². The van der Waals surface area contributed by atoms with Crippen molar-refractivity contribution in [1.82, 2.24) is 5.32 Å². The molecule has 0 spiro atoms. The van der Waals surface area contributed by atoms with E-state index in [9.17, 15) is 4.79 Å². The minimum absolute atomic E-state index is 0.0997. The number of carbonyl (C=O) groups is 1. The molecule has 1 unspecified atom stereocenters. The van der Waals surface area contributed by atoms with Crippen molar-refractivity contribution in [3.05, 3.63) is 48.2 Å². The zero-order valence-corrected chi connectivity index (χ0v) is 10.1. The van der Waals surface area contributed by atoms with Crippen LogP contribution in [-0.2, 0) is 0 Å². The lowest BCUT2D eigenvalue weighted by Gasteiger charge is -2.01. The number of carbonyl (C=O) groups excluding carboxylic acids is 1. The highest BCUT2D eigenvalue weighted by atomic mass is 16.3. The number of aliphatic hydroxyl groups excluding tert-OH is 1. The number of hydrogen-bond donors (Lipinski definition) is 2. The maximum atomic E-state index is 11.6. The Bertz CT molecular complexity index is 358. The van der Waals surface area contributed by atoms with E-state index in [-0.39, 0.29) is 12.0 Å². The van der Waals surface area contributed by atoms with Crippen molar-refractivity contribution in [3.8, 4) is 0 Å². The van der Waals surface area contributed by atoms with Gasteiger partial charge in [-0.3, -0.25) is 4.79 Å². The van der Waals surface area contributed by atoms with Gasteiger partial charge in [0.2, 0.25) is 0 Å². The summed E-state index contributed by atoms with van der Waals surface area (Å²) in [6, 6.07) is 9.10. The van der Waals surface area contributed by atoms with E-state index in [1.807, 2.05) is 24.3 Å². The first kappa shape index (κ1) is 13.5. The molecule has 0 bridgehead atoms. The van der Waals surface area contributed by atoms with Gasteiger partial charge < -0.3 is 10.4 Å². The summed E-state index contributed by atoms with van der Waals surface area (Å²) in [5.74, 6) is -0.0997. The molecule has 1 amide bonds. The monoisotopic (exact) mass is 233 g/mol. The number of aliphatic hydroxyl groups is 1. The molecule has 1 aromatic rings. The van der Waals surface area contributed by atoms with Crippen LogP contribution in [0.2, 0.25) is 0 Å². The van der Waals surface area contributed by atoms with Crippen molar-refractivity contribution in [3.63, 3.8) is 0 Å². The number of nitrogens with one attached hydrogen (secondary N) is 1. The van der Waals surface area contributed by atoms with Gasteiger partial charge in [0.1, 0.15) is 0 Å². The van der Waals surface area contributed by atoms with Gasteiger partial charge in [0.05, 0.1) is 6.10 Å². The fourth-order valence-corrected chi connectivity index (χ4v) is 1.42. The molecular formula is C14H19NO2. The van der Waals surface area contributed by atoms with Gasteiger partial charge >= 0.3 is 0 Å². The Balaban J connectivity index is 2.22. The Hall–Kier alpha value is -1.61. The van der Waals surface area contributed by atoms with Crippen molar-refractivity contribution < 1.29 is 9.90 Å². The van der Waals surface area contributed by atoms with Gasteiger partial charge in [0, 0.05) is 11.8 Å². The highest BCUT2D eigenvalue weighted by molar-refractivity contribution is 5.94. The third kappa shape index (κ3) is 5.88. The average Bonchev–Trinajstić information content (AvgIpc) is 2.34. The van der Waals surface area contributed by atoms with Gasteiger partial charge in [-0.05, 0) is 38.3 Å². The smallest absolute Gasteiger partial charge is 0.255 e. The number of hydrogen-bond acceptors (Lipinski definition) is 2. The second-order valence-electron chi connectivity index (χ2n) is 4.02. The van der Waals surface area contributed by atoms with Crippen molar-refractivity contribution >= 4 is 5.91 Å². The molecule has 0 aromatic heterocycles. The molecule has 1 aromatic carbocycles. The van der Waals surface area contributed by atoms with E-state index in [1.165, 1.54) is 0 Å². The van der Waals surface area contributed by atoms with Crippen LogP contribution in [0.3, 0.4) is 0 Å². The molecule has 0 fully saturated rings. The lowest BCUT2D eigenvalue weighted by Crippen LogP contribution is -2.16. The van der Waals surface area contributed by atoms with E-state index in [0.717, 1.165) is 19.3 Å². The van der Waals surface area contributed by atoms with E-state index in [2.05, 4.69) is 5.32 Å². The predicted octanol–water partition coefficient (Wildman–Crippen LogP) is 2.48. The Kier molecular flexibility index (Phi) is 6.04. The number of rotatable bonds is 6. The van der Waals surface area contributed by atoms with Crippen LogP contribution in [0, 0.1) is 0 Å². The van der Waals surface area contributed by atoms with Crippen LogP contribution in [-0.4, -0.2) is 17.1 Å². The number of allylic oxidation sites excluding steroid dienone is 1. The summed E-state index contributed by atoms with van der Waals surface area (Å²) in [6.07, 6.45) is 5.90. The highest BCUT2D eigenvalue weighted by Crippen LogP contribution is 2.01. The van der Waals surface area contributed by atoms with Gasteiger partial charge in [0.15, 0.2) is 0 Å². The summed E-state index contributed by atoms with van der Waals surface area (Å²) in [5, 5.41) is 11.8. The van der Waals surface area contributed by atoms with Crippen LogP contribution in [0.25, 0.3) is 0 Å². The predicted molar refractivity (Wildman–Crippen MR) is 68.6 cm³/mol. The van der Waals surface area contributed by atoms with Gasteiger partial charge in [-0.2, -0.15) is 0 Å². The van der Waals surface area contributed by atoms with E-state index >= 15 is 0 Å². The van der Waals surface area contributed by atoms with E-state index in [4.69, 9.17) is 5.11 Å². The quantitative estimate of drug-likeness (QED) is 0.742. The molecule has 0 radical (unpaired) electrons. The molecule has 92 valence electrons. The Labute approximate surface area is 102 Å². The molecule has 0 saturated carbocycles. The normalized spacial score (nSPS) is 12.6. The molecule has 1 atom stereocenters. The van der Waals surface area contributed by atoms with Gasteiger partial charge in [-0.1, -0.05) is 24.3 Å². The fraction of sp³-hybridized carbons (Fsp3) is 0.357. The molecule has 2 N–H and O–H groups in total. The lowest BCUT2D eigenvalue weighted by molar-refractivity contribution is 0.0970. The summed E-state index contributed by atoms with van der Waals surface area (Å²) in [5.41, 5.74) is 0.654. The SMILES string of the molecule is CC(O)CCC/C=C/NC(=O)c1ccccc1. The standard InChI is InChI=1S/C14H19NO2/c1-12(16)8-4-3-7-11-15-14(17)13-9-5-2-6-10-13/h2,5-7,9-12,16H,3-4,8H2,1H3,(H,15,17)/b11-7+. The van der Waals surface area contributed by atoms with Gasteiger partial charge in [-0.15, -0.1) is 0 Å². The number of unbranched alkanes of at least 4 members (excludes halogenated alkanes) is 1. The molecule has 3 heteroatoms. The summed E-state index contributed by atoms with van der Waals surface area (Å²) in [7, 11) is 0. The zero-order valence-electron chi connectivity index (χ0n) is 10.1. The van der Waals surface area contributed by atoms with Crippen LogP contribution >= 0.6 is 0 Å². The number of amides is 1. The third-order valence-electron chi connectivity index (χ3n) is 2.36. The largest absolute Gasteiger partial charge is 0.393 e. The summed E-state index contributed by atoms with van der Waals surface area (Å²) in [4.78, 5) is 11.6. The summed E-state index contributed by atoms with van der Waals surface area (Å²) in [6.45, 7) is 1.78. The Morgan fingerprint density at radius 1 is 1.41 bits per heavy atom. The molecule has 0 aliphatic heterocycles. The summed E-state index contributed by atoms with van der Waals surface area (Å²) < 4.78 is 0. The van der Waals surface area contributed by atoms with Crippen molar-refractivity contribution in [2.75, 3.05) is 0 Å². The number of benzene rings is 1. The van der Waals surface area contributed by atoms with Crippen LogP contribution in [0.4, 0.5) is 0 Å². The van der Waals surface area contributed by atoms with Crippen molar-refractivity contribution in [2.24, 2.45) is 0 Å². The molecular weight excluding hydrogens is 214 g/mol. The highest BCUT2D eigenvalue weighted by Gasteiger charge is 2.00. The van der Waals surface area contributed by atoms with Crippen LogP contribution in [0.5, 0.6) is 0 Å². The first-order valence-electron chi connectivity index (χ1n) is 5.89. The van der Waals surface area contributed by atoms with Crippen molar-refractivity contribution in [1.29, 1.82) is 0 Å². The topological polar surface area (TPSA) is 49.3 Å². The zero-order chi connectivity index (χ0) is 12.5. The maximum Gasteiger partial charge on any atom is 0.255 e. The molecule has 0 saturated heterocycles. The van der Waals surface area contributed by atoms with E-state index in [0.29, 0.717) is 5.56 Å². The Morgan fingerprint density at radius 2 is 2.12 bits per heavy atom. The van der Waals surface area contributed by atoms with E-state index in [1.54, 1.807) is 25.3 Å². The third-order valence-corrected chi connectivity index (χ3v) is 2.36. The molecule has 17 heavy (non-hydrogen) atoms. The molecule has 0 aliphatic carbocycles. The fourth-order valence-electron chi connectivity index (χ4n) is 1.42. The van der Waals surface area contributed by atoms with Gasteiger partial charge in [0.25, 0.3) is 5.91 Å². The van der Waals surface area contributed by atoms with Gasteiger partial charge in [-0.25, -0.2) is 0 Å². The molecule has 1 rings (SSSR count). The lowest BCUT2D eigenvalue weighted by atomic mass is 10.2. The van der Waals surface area contributed by atoms with Crippen LogP contribution in [0.15, 0.2) is 42.6 Å². The minimum Gasteiger partial charge on any atom is -0.393 e. The first-order valence-corrected chi connectivity index (χ1v) is 5.89. The maximum absolute atomic E-state index is 11.6.